The van der Waals surface area contributed by atoms with E-state index in [2.05, 4.69) is 11.5 Å². The number of carbonyl (C=O) groups excluding carboxylic acids is 1. The lowest BCUT2D eigenvalue weighted by molar-refractivity contribution is 0.0951. The number of benzene rings is 1. The van der Waals surface area contributed by atoms with E-state index >= 15 is 0 Å². The van der Waals surface area contributed by atoms with Gasteiger partial charge in [-0.25, -0.2) is 5.84 Å². The number of para-hydroxylation sites is 1. The van der Waals surface area contributed by atoms with E-state index in [0.717, 1.165) is 5.39 Å². The van der Waals surface area contributed by atoms with Gasteiger partial charge in [-0.2, -0.15) is 5.26 Å². The molecule has 1 aromatic heterocycles. The number of furan rings is 1. The number of fused-ring (bicyclic) bond motifs is 1. The number of carbonyl (C=O) groups is 1. The van der Waals surface area contributed by atoms with Gasteiger partial charge in [0.1, 0.15) is 11.3 Å². The summed E-state index contributed by atoms with van der Waals surface area (Å²) in [5.74, 6) is 5.43. The van der Waals surface area contributed by atoms with E-state index in [1.165, 1.54) is 0 Å². The Morgan fingerprint density at radius 3 is 2.90 bits per heavy atom. The molecule has 1 aromatic carbocycles. The van der Waals surface area contributed by atoms with E-state index in [4.69, 9.17) is 15.5 Å². The Balaban J connectivity index is 2.39. The molecule has 6 nitrogen and oxygen atoms in total. The number of nitrogens with one attached hydrogen (secondary N) is 1. The molecule has 1 unspecified atom stereocenters. The lowest BCUT2D eigenvalue weighted by Crippen LogP contribution is -2.32. The maximum Gasteiger partial charge on any atom is 0.269 e. The highest BCUT2D eigenvalue weighted by Crippen LogP contribution is 2.27. The number of rotatable bonds is 5. The van der Waals surface area contributed by atoms with Gasteiger partial charge in [0.05, 0.1) is 24.6 Å². The fourth-order valence-electron chi connectivity index (χ4n) is 2.20. The Kier molecular flexibility index (Phi) is 4.58. The molecular weight excluding hydrogens is 268 g/mol. The van der Waals surface area contributed by atoms with Crippen LogP contribution < -0.4 is 11.3 Å². The first-order valence-corrected chi connectivity index (χ1v) is 6.67. The van der Waals surface area contributed by atoms with Crippen molar-refractivity contribution in [3.8, 4) is 6.07 Å². The van der Waals surface area contributed by atoms with Gasteiger partial charge >= 0.3 is 0 Å². The second-order valence-corrected chi connectivity index (χ2v) is 5.00. The predicted octanol–water partition coefficient (Wildman–Crippen LogP) is 1.77. The largest absolute Gasteiger partial charge is 0.459 e. The summed E-state index contributed by atoms with van der Waals surface area (Å²) in [7, 11) is 1.89. The SMILES string of the molecule is CC(CC#N)N(C)Cc1oc2ccccc2c1C(=O)NN. The quantitative estimate of drug-likeness (QED) is 0.496. The summed E-state index contributed by atoms with van der Waals surface area (Å²) in [5.41, 5.74) is 3.25. The maximum absolute atomic E-state index is 12.0. The molecule has 0 aliphatic heterocycles. The summed E-state index contributed by atoms with van der Waals surface area (Å²) in [4.78, 5) is 14.0. The van der Waals surface area contributed by atoms with Crippen molar-refractivity contribution in [1.82, 2.24) is 10.3 Å². The van der Waals surface area contributed by atoms with Crippen LogP contribution in [-0.2, 0) is 6.54 Å². The molecule has 2 rings (SSSR count). The summed E-state index contributed by atoms with van der Waals surface area (Å²) < 4.78 is 5.78. The minimum atomic E-state index is -0.378. The highest BCUT2D eigenvalue weighted by molar-refractivity contribution is 6.07. The average Bonchev–Trinajstić information content (AvgIpc) is 2.84. The van der Waals surface area contributed by atoms with Gasteiger partial charge < -0.3 is 4.42 Å². The molecular formula is C15H18N4O2. The summed E-state index contributed by atoms with van der Waals surface area (Å²) in [6, 6.07) is 9.53. The lowest BCUT2D eigenvalue weighted by atomic mass is 10.1. The normalized spacial score (nSPS) is 12.3. The molecule has 0 radical (unpaired) electrons. The van der Waals surface area contributed by atoms with Crippen molar-refractivity contribution in [1.29, 1.82) is 5.26 Å². The van der Waals surface area contributed by atoms with Crippen LogP contribution in [0, 0.1) is 11.3 Å². The van der Waals surface area contributed by atoms with Crippen LogP contribution in [0.15, 0.2) is 28.7 Å². The van der Waals surface area contributed by atoms with Crippen molar-refractivity contribution in [3.63, 3.8) is 0 Å². The van der Waals surface area contributed by atoms with Crippen LogP contribution in [0.3, 0.4) is 0 Å². The monoisotopic (exact) mass is 286 g/mol. The number of nitrogens with zero attached hydrogens (tertiary/aromatic N) is 2. The molecule has 110 valence electrons. The van der Waals surface area contributed by atoms with Crippen LogP contribution in [0.4, 0.5) is 0 Å². The molecule has 0 aliphatic carbocycles. The molecule has 0 saturated heterocycles. The van der Waals surface area contributed by atoms with Gasteiger partial charge in [0.25, 0.3) is 5.91 Å². The van der Waals surface area contributed by atoms with E-state index in [0.29, 0.717) is 29.9 Å². The Hall–Kier alpha value is -2.36. The van der Waals surface area contributed by atoms with Gasteiger partial charge in [-0.05, 0) is 20.0 Å². The molecule has 2 aromatic rings. The number of nitrogens with two attached hydrogens (primary N) is 1. The topological polar surface area (TPSA) is 95.3 Å². The Morgan fingerprint density at radius 1 is 1.52 bits per heavy atom. The van der Waals surface area contributed by atoms with Gasteiger partial charge in [0, 0.05) is 11.4 Å². The molecule has 0 saturated carbocycles. The minimum Gasteiger partial charge on any atom is -0.459 e. The lowest BCUT2D eigenvalue weighted by Gasteiger charge is -2.21. The molecule has 3 N–H and O–H groups in total. The molecule has 0 aliphatic rings. The molecule has 1 amide bonds. The van der Waals surface area contributed by atoms with E-state index in [1.807, 2.05) is 43.1 Å². The first-order chi connectivity index (χ1) is 10.1. The van der Waals surface area contributed by atoms with Crippen molar-refractivity contribution in [2.75, 3.05) is 7.05 Å². The maximum atomic E-state index is 12.0. The third-order valence-electron chi connectivity index (χ3n) is 3.56. The van der Waals surface area contributed by atoms with Crippen LogP contribution in [0.5, 0.6) is 0 Å². The van der Waals surface area contributed by atoms with Crippen LogP contribution in [0.2, 0.25) is 0 Å². The third kappa shape index (κ3) is 3.05. The molecule has 1 atom stereocenters. The van der Waals surface area contributed by atoms with Crippen molar-refractivity contribution in [3.05, 3.63) is 35.6 Å². The zero-order chi connectivity index (χ0) is 15.4. The molecule has 1 heterocycles. The first-order valence-electron chi connectivity index (χ1n) is 6.67. The highest BCUT2D eigenvalue weighted by atomic mass is 16.3. The molecule has 0 spiro atoms. The Bertz CT molecular complexity index is 687. The zero-order valence-electron chi connectivity index (χ0n) is 12.1. The number of nitriles is 1. The second kappa shape index (κ2) is 6.39. The second-order valence-electron chi connectivity index (χ2n) is 5.00. The zero-order valence-corrected chi connectivity index (χ0v) is 12.1. The minimum absolute atomic E-state index is 0.0667. The number of hydrogen-bond donors (Lipinski definition) is 2. The van der Waals surface area contributed by atoms with Crippen molar-refractivity contribution >= 4 is 16.9 Å². The summed E-state index contributed by atoms with van der Waals surface area (Å²) in [6.07, 6.45) is 0.412. The number of hydrazine groups is 1. The predicted molar refractivity (Wildman–Crippen MR) is 79.0 cm³/mol. The van der Waals surface area contributed by atoms with Crippen LogP contribution in [0.25, 0.3) is 11.0 Å². The summed E-state index contributed by atoms with van der Waals surface area (Å²) in [6.45, 7) is 2.38. The van der Waals surface area contributed by atoms with Crippen molar-refractivity contribution in [2.24, 2.45) is 5.84 Å². The Morgan fingerprint density at radius 2 is 2.24 bits per heavy atom. The van der Waals surface area contributed by atoms with Gasteiger partial charge in [-0.3, -0.25) is 15.1 Å². The molecule has 6 heteroatoms. The van der Waals surface area contributed by atoms with Gasteiger partial charge in [-0.15, -0.1) is 0 Å². The highest BCUT2D eigenvalue weighted by Gasteiger charge is 2.22. The summed E-state index contributed by atoms with van der Waals surface area (Å²) >= 11 is 0. The summed E-state index contributed by atoms with van der Waals surface area (Å²) in [5, 5.41) is 9.50. The number of hydrogen-bond acceptors (Lipinski definition) is 5. The van der Waals surface area contributed by atoms with Crippen molar-refractivity contribution in [2.45, 2.75) is 25.9 Å². The molecule has 0 bridgehead atoms. The van der Waals surface area contributed by atoms with E-state index < -0.39 is 0 Å². The van der Waals surface area contributed by atoms with E-state index in [-0.39, 0.29) is 11.9 Å². The number of amides is 1. The van der Waals surface area contributed by atoms with Crippen LogP contribution in [0.1, 0.15) is 29.5 Å². The van der Waals surface area contributed by atoms with Crippen LogP contribution >= 0.6 is 0 Å². The smallest absolute Gasteiger partial charge is 0.269 e. The third-order valence-corrected chi connectivity index (χ3v) is 3.56. The van der Waals surface area contributed by atoms with Gasteiger partial charge in [-0.1, -0.05) is 18.2 Å². The standard InChI is InChI=1S/C15H18N4O2/c1-10(7-8-16)19(2)9-13-14(15(20)18-17)11-5-3-4-6-12(11)21-13/h3-6,10H,7,9,17H2,1-2H3,(H,18,20). The van der Waals surface area contributed by atoms with E-state index in [9.17, 15) is 4.79 Å². The van der Waals surface area contributed by atoms with Gasteiger partial charge in [0.15, 0.2) is 0 Å². The average molecular weight is 286 g/mol. The number of nitrogen functional groups attached to an aromatic ring is 1. The fraction of sp³-hybridized carbons (Fsp3) is 0.333. The fourth-order valence-corrected chi connectivity index (χ4v) is 2.20. The van der Waals surface area contributed by atoms with Crippen molar-refractivity contribution < 1.29 is 9.21 Å². The van der Waals surface area contributed by atoms with Crippen LogP contribution in [-0.4, -0.2) is 23.9 Å². The molecule has 21 heavy (non-hydrogen) atoms. The Labute approximate surface area is 123 Å². The van der Waals surface area contributed by atoms with E-state index in [1.54, 1.807) is 0 Å². The molecule has 0 fully saturated rings. The van der Waals surface area contributed by atoms with Gasteiger partial charge in [0.2, 0.25) is 0 Å². The first kappa shape index (κ1) is 15.0.